The number of carbonyl (C=O) groups is 2. The summed E-state index contributed by atoms with van der Waals surface area (Å²) in [5, 5.41) is 0. The Labute approximate surface area is 148 Å². The van der Waals surface area contributed by atoms with E-state index >= 15 is 0 Å². The van der Waals surface area contributed by atoms with Crippen molar-refractivity contribution >= 4 is 37.9 Å². The molecule has 0 fully saturated rings. The highest BCUT2D eigenvalue weighted by Crippen LogP contribution is 2.23. The highest BCUT2D eigenvalue weighted by molar-refractivity contribution is 9.10. The van der Waals surface area contributed by atoms with E-state index in [-0.39, 0.29) is 16.6 Å². The van der Waals surface area contributed by atoms with E-state index in [4.69, 9.17) is 9.47 Å². The van der Waals surface area contributed by atoms with Crippen LogP contribution < -0.4 is 0 Å². The number of halogens is 1. The highest BCUT2D eigenvalue weighted by Gasteiger charge is 2.24. The minimum Gasteiger partial charge on any atom is -0.460 e. The minimum atomic E-state index is -3.92. The number of hydrogen-bond donors (Lipinski definition) is 0. The summed E-state index contributed by atoms with van der Waals surface area (Å²) in [4.78, 5) is 28.0. The fourth-order valence-corrected chi connectivity index (χ4v) is 2.98. The van der Waals surface area contributed by atoms with E-state index in [9.17, 15) is 18.0 Å². The Bertz CT molecular complexity index is 718. The molecule has 0 N–H and O–H groups in total. The zero-order chi connectivity index (χ0) is 18.5. The van der Waals surface area contributed by atoms with Gasteiger partial charge in [-0.15, -0.1) is 0 Å². The quantitative estimate of drug-likeness (QED) is 0.486. The third kappa shape index (κ3) is 5.26. The van der Waals surface area contributed by atoms with Crippen molar-refractivity contribution in [3.05, 3.63) is 28.2 Å². The lowest BCUT2D eigenvalue weighted by atomic mass is 10.2. The average Bonchev–Trinajstić information content (AvgIpc) is 2.51. The number of benzene rings is 1. The Morgan fingerprint density at radius 3 is 2.46 bits per heavy atom. The van der Waals surface area contributed by atoms with Crippen molar-refractivity contribution in [1.29, 1.82) is 0 Å². The smallest absolute Gasteiger partial charge is 0.344 e. The van der Waals surface area contributed by atoms with Gasteiger partial charge in [0, 0.05) is 11.5 Å². The number of esters is 2. The molecule has 0 amide bonds. The zero-order valence-electron chi connectivity index (χ0n) is 13.6. The predicted molar refractivity (Wildman–Crippen MR) is 87.6 cm³/mol. The summed E-state index contributed by atoms with van der Waals surface area (Å²) in [5.74, 6) is -1.56. The molecule has 0 unspecified atom stereocenters. The molecule has 0 saturated heterocycles. The van der Waals surface area contributed by atoms with Crippen molar-refractivity contribution in [2.24, 2.45) is 0 Å². The summed E-state index contributed by atoms with van der Waals surface area (Å²) in [7, 11) is -1.50. The van der Waals surface area contributed by atoms with Gasteiger partial charge in [0.05, 0.1) is 23.7 Å². The summed E-state index contributed by atoms with van der Waals surface area (Å²) in [6.07, 6.45) is -0.332. The molecule has 1 aromatic carbocycles. The molecule has 1 rings (SSSR count). The average molecular weight is 424 g/mol. The standard InChI is InChI=1S/C14H18BrNO7S/c1-9(2)23-13(17)8-22-14(18)11-7-10(5-6-12(11)15)24(19,20)16(3)21-4/h5-7,9H,8H2,1-4H3. The van der Waals surface area contributed by atoms with Gasteiger partial charge in [-0.05, 0) is 48.0 Å². The Morgan fingerprint density at radius 2 is 1.92 bits per heavy atom. The van der Waals surface area contributed by atoms with Crippen LogP contribution in [0, 0.1) is 0 Å². The summed E-state index contributed by atoms with van der Waals surface area (Å²) in [6.45, 7) is 2.76. The van der Waals surface area contributed by atoms with Crippen LogP contribution in [0.2, 0.25) is 0 Å². The van der Waals surface area contributed by atoms with Gasteiger partial charge in [-0.2, -0.15) is 0 Å². The largest absolute Gasteiger partial charge is 0.460 e. The zero-order valence-corrected chi connectivity index (χ0v) is 16.0. The Balaban J connectivity index is 2.98. The lowest BCUT2D eigenvalue weighted by Crippen LogP contribution is -2.26. The van der Waals surface area contributed by atoms with Gasteiger partial charge < -0.3 is 9.47 Å². The molecule has 0 aliphatic heterocycles. The number of carbonyl (C=O) groups excluding carboxylic acids is 2. The number of nitrogens with zero attached hydrogens (tertiary/aromatic N) is 1. The fraction of sp³-hybridized carbons (Fsp3) is 0.429. The van der Waals surface area contributed by atoms with Gasteiger partial charge in [0.2, 0.25) is 0 Å². The number of hydrogen-bond acceptors (Lipinski definition) is 7. The van der Waals surface area contributed by atoms with Crippen molar-refractivity contribution in [3.8, 4) is 0 Å². The molecular weight excluding hydrogens is 406 g/mol. The van der Waals surface area contributed by atoms with Crippen molar-refractivity contribution in [2.45, 2.75) is 24.8 Å². The van der Waals surface area contributed by atoms with Crippen molar-refractivity contribution in [2.75, 3.05) is 20.8 Å². The normalized spacial score (nSPS) is 11.6. The maximum absolute atomic E-state index is 12.2. The number of sulfonamides is 1. The Morgan fingerprint density at radius 1 is 1.29 bits per heavy atom. The SMILES string of the molecule is CON(C)S(=O)(=O)c1ccc(Br)c(C(=O)OCC(=O)OC(C)C)c1. The van der Waals surface area contributed by atoms with Gasteiger partial charge in [-0.3, -0.25) is 4.84 Å². The highest BCUT2D eigenvalue weighted by atomic mass is 79.9. The van der Waals surface area contributed by atoms with Crippen LogP contribution in [0.1, 0.15) is 24.2 Å². The maximum Gasteiger partial charge on any atom is 0.344 e. The molecule has 0 spiro atoms. The lowest BCUT2D eigenvalue weighted by Gasteiger charge is -2.15. The molecule has 0 radical (unpaired) electrons. The van der Waals surface area contributed by atoms with Crippen molar-refractivity contribution in [1.82, 2.24) is 4.47 Å². The Kier molecular flexibility index (Phi) is 7.33. The summed E-state index contributed by atoms with van der Waals surface area (Å²) < 4.78 is 35.1. The molecular formula is C14H18BrNO7S. The van der Waals surface area contributed by atoms with Crippen LogP contribution in [0.15, 0.2) is 27.6 Å². The minimum absolute atomic E-state index is 0.0436. The van der Waals surface area contributed by atoms with Crippen LogP contribution in [0.4, 0.5) is 0 Å². The Hall–Kier alpha value is -1.49. The first-order valence-electron chi connectivity index (χ1n) is 6.78. The number of ether oxygens (including phenoxy) is 2. The van der Waals surface area contributed by atoms with E-state index in [1.807, 2.05) is 0 Å². The van der Waals surface area contributed by atoms with Gasteiger partial charge in [0.15, 0.2) is 6.61 Å². The molecule has 24 heavy (non-hydrogen) atoms. The third-order valence-electron chi connectivity index (χ3n) is 2.74. The molecule has 0 saturated carbocycles. The van der Waals surface area contributed by atoms with Crippen LogP contribution in [-0.2, 0) is 29.1 Å². The molecule has 0 aliphatic rings. The first-order valence-corrected chi connectivity index (χ1v) is 9.02. The molecule has 0 aliphatic carbocycles. The summed E-state index contributed by atoms with van der Waals surface area (Å²) in [6, 6.07) is 3.82. The molecule has 0 aromatic heterocycles. The second-order valence-electron chi connectivity index (χ2n) is 4.85. The van der Waals surface area contributed by atoms with Gasteiger partial charge in [0.1, 0.15) is 0 Å². The summed E-state index contributed by atoms with van der Waals surface area (Å²) in [5.41, 5.74) is -0.0436. The van der Waals surface area contributed by atoms with Crippen molar-refractivity contribution in [3.63, 3.8) is 0 Å². The molecule has 1 aromatic rings. The van der Waals surface area contributed by atoms with Crippen LogP contribution in [-0.4, -0.2) is 51.7 Å². The van der Waals surface area contributed by atoms with Gasteiger partial charge in [-0.25, -0.2) is 18.0 Å². The van der Waals surface area contributed by atoms with Crippen LogP contribution in [0.25, 0.3) is 0 Å². The van der Waals surface area contributed by atoms with Crippen LogP contribution in [0.5, 0.6) is 0 Å². The van der Waals surface area contributed by atoms with Crippen LogP contribution in [0.3, 0.4) is 0 Å². The number of hydroxylamine groups is 1. The van der Waals surface area contributed by atoms with Gasteiger partial charge in [0.25, 0.3) is 10.0 Å². The second-order valence-corrected chi connectivity index (χ2v) is 7.64. The molecule has 8 nitrogen and oxygen atoms in total. The molecule has 0 bridgehead atoms. The number of rotatable bonds is 7. The van der Waals surface area contributed by atoms with E-state index in [1.165, 1.54) is 26.3 Å². The molecule has 10 heteroatoms. The maximum atomic E-state index is 12.2. The monoisotopic (exact) mass is 423 g/mol. The summed E-state index contributed by atoms with van der Waals surface area (Å²) >= 11 is 3.14. The first kappa shape index (κ1) is 20.6. The fourth-order valence-electron chi connectivity index (χ4n) is 1.57. The van der Waals surface area contributed by atoms with Gasteiger partial charge in [-0.1, -0.05) is 4.47 Å². The van der Waals surface area contributed by atoms with E-state index < -0.39 is 28.6 Å². The van der Waals surface area contributed by atoms with E-state index in [2.05, 4.69) is 20.8 Å². The van der Waals surface area contributed by atoms with E-state index in [0.717, 1.165) is 6.07 Å². The predicted octanol–water partition coefficient (Wildman–Crippen LogP) is 1.74. The van der Waals surface area contributed by atoms with Gasteiger partial charge >= 0.3 is 11.9 Å². The third-order valence-corrected chi connectivity index (χ3v) is 5.11. The molecule has 0 heterocycles. The topological polar surface area (TPSA) is 99.2 Å². The van der Waals surface area contributed by atoms with Crippen LogP contribution >= 0.6 is 15.9 Å². The molecule has 0 atom stereocenters. The second kappa shape index (κ2) is 8.56. The molecule has 134 valence electrons. The van der Waals surface area contributed by atoms with E-state index in [1.54, 1.807) is 13.8 Å². The lowest BCUT2D eigenvalue weighted by molar-refractivity contribution is -0.150. The van der Waals surface area contributed by atoms with Crippen molar-refractivity contribution < 1.29 is 32.3 Å². The first-order chi connectivity index (χ1) is 11.1. The van der Waals surface area contributed by atoms with E-state index in [0.29, 0.717) is 8.94 Å².